The van der Waals surface area contributed by atoms with Crippen LogP contribution in [0.15, 0.2) is 30.3 Å². The molecule has 0 aromatic heterocycles. The highest BCUT2D eigenvalue weighted by Gasteiger charge is 2.74. The van der Waals surface area contributed by atoms with Crippen LogP contribution in [-0.2, 0) is 25.7 Å². The van der Waals surface area contributed by atoms with Crippen LogP contribution in [0.1, 0.15) is 5.56 Å². The van der Waals surface area contributed by atoms with Gasteiger partial charge in [0.25, 0.3) is 5.54 Å². The zero-order valence-corrected chi connectivity index (χ0v) is 10.2. The fourth-order valence-corrected chi connectivity index (χ4v) is 1.83. The summed E-state index contributed by atoms with van der Waals surface area (Å²) in [6, 6.07) is 9.08. The maximum absolute atomic E-state index is 11.9. The van der Waals surface area contributed by atoms with Crippen LogP contribution in [0.4, 0.5) is 0 Å². The summed E-state index contributed by atoms with van der Waals surface area (Å²) in [6.45, 7) is 0.0514. The van der Waals surface area contributed by atoms with Crippen molar-refractivity contribution in [1.82, 2.24) is 4.90 Å². The Bertz CT molecular complexity index is 493. The predicted octanol–water partition coefficient (Wildman–Crippen LogP) is 0.182. The molecule has 0 N–H and O–H groups in total. The van der Waals surface area contributed by atoms with E-state index in [-0.39, 0.29) is 6.61 Å². The lowest BCUT2D eigenvalue weighted by Crippen LogP contribution is -2.43. The Morgan fingerprint density at radius 3 is 2.17 bits per heavy atom. The molecule has 0 unspecified atom stereocenters. The average molecular weight is 247 g/mol. The second kappa shape index (κ2) is 4.34. The van der Waals surface area contributed by atoms with Crippen molar-refractivity contribution in [2.75, 3.05) is 14.1 Å². The summed E-state index contributed by atoms with van der Waals surface area (Å²) in [6.07, 6.45) is 0. The number of ether oxygens (including phenoxy) is 1. The van der Waals surface area contributed by atoms with Crippen LogP contribution in [0.25, 0.3) is 0 Å². The summed E-state index contributed by atoms with van der Waals surface area (Å²) in [5, 5.41) is 0. The first kappa shape index (κ1) is 12.4. The van der Waals surface area contributed by atoms with Crippen molar-refractivity contribution in [1.29, 1.82) is 0 Å². The molecule has 5 heteroatoms. The summed E-state index contributed by atoms with van der Waals surface area (Å²) in [4.78, 5) is 35.8. The first-order valence-electron chi connectivity index (χ1n) is 5.49. The fourth-order valence-electron chi connectivity index (χ4n) is 1.83. The molecule has 18 heavy (non-hydrogen) atoms. The van der Waals surface area contributed by atoms with E-state index in [0.29, 0.717) is 0 Å². The summed E-state index contributed by atoms with van der Waals surface area (Å²) < 4.78 is 5.04. The highest BCUT2D eigenvalue weighted by molar-refractivity contribution is 6.73. The molecule has 1 aromatic carbocycles. The average Bonchev–Trinajstić information content (AvgIpc) is 2.91. The Labute approximate surface area is 104 Å². The topological polar surface area (TPSA) is 63.7 Å². The first-order valence-corrected chi connectivity index (χ1v) is 5.49. The normalized spacial score (nSPS) is 16.8. The third-order valence-electron chi connectivity index (χ3n) is 2.98. The monoisotopic (exact) mass is 247 g/mol. The minimum Gasteiger partial charge on any atom is -0.459 e. The van der Waals surface area contributed by atoms with Crippen LogP contribution in [0.3, 0.4) is 0 Å². The first-order chi connectivity index (χ1) is 8.51. The van der Waals surface area contributed by atoms with Gasteiger partial charge >= 0.3 is 5.97 Å². The molecule has 2 rings (SSSR count). The number of hydrogen-bond acceptors (Lipinski definition) is 5. The van der Waals surface area contributed by atoms with Crippen LogP contribution >= 0.6 is 0 Å². The maximum atomic E-state index is 11.9. The van der Waals surface area contributed by atoms with Crippen molar-refractivity contribution in [3.05, 3.63) is 35.9 Å². The molecule has 1 saturated carbocycles. The third-order valence-corrected chi connectivity index (χ3v) is 2.98. The number of benzene rings is 1. The number of hydrogen-bond donors (Lipinski definition) is 0. The predicted molar refractivity (Wildman–Crippen MR) is 62.7 cm³/mol. The number of likely N-dealkylation sites (N-methyl/N-ethyl adjacent to an activating group) is 1. The van der Waals surface area contributed by atoms with Crippen LogP contribution in [0, 0.1) is 0 Å². The van der Waals surface area contributed by atoms with Gasteiger partial charge in [-0.15, -0.1) is 0 Å². The zero-order valence-electron chi connectivity index (χ0n) is 10.2. The molecule has 1 aliphatic rings. The van der Waals surface area contributed by atoms with Gasteiger partial charge in [0.15, 0.2) is 0 Å². The minimum absolute atomic E-state index is 0.0514. The van der Waals surface area contributed by atoms with Crippen molar-refractivity contribution >= 4 is 17.5 Å². The lowest BCUT2D eigenvalue weighted by molar-refractivity contribution is -0.153. The van der Waals surface area contributed by atoms with Gasteiger partial charge < -0.3 is 4.74 Å². The fraction of sp³-hybridized carbons (Fsp3) is 0.308. The van der Waals surface area contributed by atoms with E-state index in [4.69, 9.17) is 4.74 Å². The molecule has 0 saturated heterocycles. The number of carbonyl (C=O) groups is 3. The van der Waals surface area contributed by atoms with E-state index in [0.717, 1.165) is 5.56 Å². The molecular weight excluding hydrogens is 234 g/mol. The molecule has 5 nitrogen and oxygen atoms in total. The molecule has 1 aromatic rings. The van der Waals surface area contributed by atoms with Gasteiger partial charge in [0.05, 0.1) is 0 Å². The minimum atomic E-state index is -1.70. The van der Waals surface area contributed by atoms with Crippen molar-refractivity contribution in [3.8, 4) is 0 Å². The van der Waals surface area contributed by atoms with E-state index in [1.54, 1.807) is 12.1 Å². The van der Waals surface area contributed by atoms with Crippen LogP contribution in [-0.4, -0.2) is 42.1 Å². The molecule has 0 aliphatic heterocycles. The lowest BCUT2D eigenvalue weighted by Gasteiger charge is -2.17. The number of rotatable bonds is 4. The largest absolute Gasteiger partial charge is 0.459 e. The molecule has 0 radical (unpaired) electrons. The highest BCUT2D eigenvalue weighted by Crippen LogP contribution is 2.32. The Kier molecular flexibility index (Phi) is 3.00. The van der Waals surface area contributed by atoms with Crippen molar-refractivity contribution in [3.63, 3.8) is 0 Å². The van der Waals surface area contributed by atoms with Gasteiger partial charge in [-0.25, -0.2) is 4.79 Å². The zero-order chi connectivity index (χ0) is 13.3. The summed E-state index contributed by atoms with van der Waals surface area (Å²) in [5.74, 6) is -2.21. The van der Waals surface area contributed by atoms with Crippen molar-refractivity contribution in [2.24, 2.45) is 0 Å². The SMILES string of the molecule is CN(C)C1(C(=O)OCc2ccccc2)C(=O)C1=O. The van der Waals surface area contributed by atoms with E-state index in [9.17, 15) is 14.4 Å². The van der Waals surface area contributed by atoms with E-state index in [2.05, 4.69) is 0 Å². The number of esters is 1. The van der Waals surface area contributed by atoms with Crippen molar-refractivity contribution in [2.45, 2.75) is 12.1 Å². The Balaban J connectivity index is 2.05. The van der Waals surface area contributed by atoms with Gasteiger partial charge in [0.2, 0.25) is 11.6 Å². The van der Waals surface area contributed by atoms with Gasteiger partial charge in [-0.2, -0.15) is 0 Å². The van der Waals surface area contributed by atoms with Gasteiger partial charge in [0.1, 0.15) is 6.61 Å². The lowest BCUT2D eigenvalue weighted by atomic mass is 10.2. The molecular formula is C13H13NO4. The summed E-state index contributed by atoms with van der Waals surface area (Å²) >= 11 is 0. The van der Waals surface area contributed by atoms with E-state index < -0.39 is 23.1 Å². The van der Waals surface area contributed by atoms with Gasteiger partial charge in [-0.3, -0.25) is 14.5 Å². The number of carbonyl (C=O) groups excluding carboxylic acids is 3. The standard InChI is InChI=1S/C13H13NO4/c1-14(2)13(10(15)11(13)16)12(17)18-8-9-6-4-3-5-7-9/h3-7H,8H2,1-2H3. The quantitative estimate of drug-likeness (QED) is 0.431. The Morgan fingerprint density at radius 2 is 1.72 bits per heavy atom. The highest BCUT2D eigenvalue weighted by atomic mass is 16.5. The molecule has 0 atom stereocenters. The Hall–Kier alpha value is -2.01. The van der Waals surface area contributed by atoms with Gasteiger partial charge in [-0.05, 0) is 19.7 Å². The molecule has 0 amide bonds. The molecule has 1 fully saturated rings. The van der Waals surface area contributed by atoms with Crippen LogP contribution in [0.5, 0.6) is 0 Å². The second-order valence-electron chi connectivity index (χ2n) is 4.32. The van der Waals surface area contributed by atoms with E-state index >= 15 is 0 Å². The number of nitrogens with zero attached hydrogens (tertiary/aromatic N) is 1. The molecule has 94 valence electrons. The molecule has 0 bridgehead atoms. The van der Waals surface area contributed by atoms with Crippen molar-refractivity contribution < 1.29 is 19.1 Å². The Morgan fingerprint density at radius 1 is 1.17 bits per heavy atom. The molecule has 1 aliphatic carbocycles. The van der Waals surface area contributed by atoms with Crippen LogP contribution in [0.2, 0.25) is 0 Å². The number of Topliss-reactive ketones (excluding diaryl/α,β-unsaturated/α-hetero) is 2. The van der Waals surface area contributed by atoms with E-state index in [1.165, 1.54) is 19.0 Å². The van der Waals surface area contributed by atoms with Crippen LogP contribution < -0.4 is 0 Å². The molecule has 0 heterocycles. The third kappa shape index (κ3) is 1.73. The molecule has 0 spiro atoms. The van der Waals surface area contributed by atoms with Gasteiger partial charge in [0, 0.05) is 0 Å². The smallest absolute Gasteiger partial charge is 0.343 e. The summed E-state index contributed by atoms with van der Waals surface area (Å²) in [7, 11) is 3.01. The number of ketones is 2. The van der Waals surface area contributed by atoms with E-state index in [1.807, 2.05) is 18.2 Å². The second-order valence-corrected chi connectivity index (χ2v) is 4.32. The summed E-state index contributed by atoms with van der Waals surface area (Å²) in [5.41, 5.74) is -0.894. The maximum Gasteiger partial charge on any atom is 0.343 e. The van der Waals surface area contributed by atoms with Gasteiger partial charge in [-0.1, -0.05) is 30.3 Å².